The zero-order chi connectivity index (χ0) is 33.4. The first kappa shape index (κ1) is 29.8. The van der Waals surface area contributed by atoms with Crippen LogP contribution in [0.25, 0.3) is 58.8 Å². The van der Waals surface area contributed by atoms with E-state index in [4.69, 9.17) is 15.7 Å². The Morgan fingerprint density at radius 3 is 1.94 bits per heavy atom. The molecule has 50 heavy (non-hydrogen) atoms. The Morgan fingerprint density at radius 1 is 0.520 bits per heavy atom. The lowest BCUT2D eigenvalue weighted by Crippen LogP contribution is -2.16. The van der Waals surface area contributed by atoms with E-state index < -0.39 is 0 Å². The van der Waals surface area contributed by atoms with E-state index >= 15 is 0 Å². The van der Waals surface area contributed by atoms with Crippen molar-refractivity contribution in [1.82, 2.24) is 4.57 Å². The minimum absolute atomic E-state index is 0.436. The van der Waals surface area contributed by atoms with Gasteiger partial charge in [-0.2, -0.15) is 0 Å². The topological polar surface area (TPSA) is 55.7 Å². The normalized spacial score (nSPS) is 12.4. The van der Waals surface area contributed by atoms with Gasteiger partial charge in [-0.1, -0.05) is 109 Å². The predicted octanol–water partition coefficient (Wildman–Crippen LogP) is 11.2. The average Bonchev–Trinajstić information content (AvgIpc) is 3.72. The molecule has 0 spiro atoms. The van der Waals surface area contributed by atoms with Gasteiger partial charge in [0, 0.05) is 47.8 Å². The first-order chi connectivity index (χ1) is 24.7. The number of nitrogens with zero attached hydrogens (tertiary/aromatic N) is 3. The van der Waals surface area contributed by atoms with E-state index in [2.05, 4.69) is 126 Å². The van der Waals surface area contributed by atoms with Crippen LogP contribution in [0.1, 0.15) is 16.7 Å². The van der Waals surface area contributed by atoms with Gasteiger partial charge >= 0.3 is 0 Å². The Morgan fingerprint density at radius 2 is 1.14 bits per heavy atom. The van der Waals surface area contributed by atoms with Crippen molar-refractivity contribution >= 4 is 65.0 Å². The van der Waals surface area contributed by atoms with Crippen molar-refractivity contribution in [2.45, 2.75) is 6.54 Å². The molecule has 9 rings (SSSR count). The molecule has 2 heterocycles. The number of hydrogen-bond donors (Lipinski definition) is 1. The molecule has 9 aromatic rings. The molecule has 0 aliphatic rings. The number of rotatable bonds is 6. The van der Waals surface area contributed by atoms with Gasteiger partial charge in [-0.05, 0) is 77.4 Å². The summed E-state index contributed by atoms with van der Waals surface area (Å²) in [6, 6.07) is 59.6. The van der Waals surface area contributed by atoms with Crippen LogP contribution in [0.2, 0.25) is 0 Å². The van der Waals surface area contributed by atoms with Crippen molar-refractivity contribution in [2.75, 3.05) is 0 Å². The number of nitrogens with two attached hydrogens (primary N) is 1. The maximum atomic E-state index is 6.50. The van der Waals surface area contributed by atoms with Crippen LogP contribution in [0.5, 0.6) is 0 Å². The van der Waals surface area contributed by atoms with Crippen LogP contribution in [-0.2, 0) is 6.54 Å². The summed E-state index contributed by atoms with van der Waals surface area (Å²) in [5.74, 6) is 1.04. The van der Waals surface area contributed by atoms with Gasteiger partial charge in [0.15, 0.2) is 5.84 Å². The van der Waals surface area contributed by atoms with E-state index in [9.17, 15) is 0 Å². The summed E-state index contributed by atoms with van der Waals surface area (Å²) >= 11 is 1.85. The first-order valence-electron chi connectivity index (χ1n) is 16.7. The third-order valence-electron chi connectivity index (χ3n) is 9.32. The summed E-state index contributed by atoms with van der Waals surface area (Å²) in [6.07, 6.45) is 0. The largest absolute Gasteiger partial charge is 0.383 e. The van der Waals surface area contributed by atoms with E-state index in [1.807, 2.05) is 59.9 Å². The second-order valence-electron chi connectivity index (χ2n) is 12.4. The summed E-state index contributed by atoms with van der Waals surface area (Å²) in [6.45, 7) is 0.508. The van der Waals surface area contributed by atoms with Crippen molar-refractivity contribution in [3.8, 4) is 16.8 Å². The Kier molecular flexibility index (Phi) is 7.52. The molecule has 2 aromatic heterocycles. The molecule has 0 bridgehead atoms. The molecular formula is C45H32N4S. The highest BCUT2D eigenvalue weighted by Crippen LogP contribution is 2.38. The Bertz CT molecular complexity index is 2720. The van der Waals surface area contributed by atoms with E-state index in [-0.39, 0.29) is 0 Å². The molecule has 0 saturated carbocycles. The quantitative estimate of drug-likeness (QED) is 0.140. The maximum absolute atomic E-state index is 6.50. The summed E-state index contributed by atoms with van der Waals surface area (Å²) in [7, 11) is 0. The summed E-state index contributed by atoms with van der Waals surface area (Å²) in [4.78, 5) is 9.77. The summed E-state index contributed by atoms with van der Waals surface area (Å²) < 4.78 is 4.99. The summed E-state index contributed by atoms with van der Waals surface area (Å²) in [5.41, 5.74) is 15.2. The van der Waals surface area contributed by atoms with Crippen LogP contribution < -0.4 is 5.73 Å². The molecule has 7 aromatic carbocycles. The fraction of sp³-hybridized carbons (Fsp3) is 0.0222. The Hall–Kier alpha value is -6.30. The molecule has 0 aliphatic carbocycles. The van der Waals surface area contributed by atoms with Crippen molar-refractivity contribution < 1.29 is 0 Å². The van der Waals surface area contributed by atoms with Crippen molar-refractivity contribution in [3.63, 3.8) is 0 Å². The lowest BCUT2D eigenvalue weighted by Gasteiger charge is -2.10. The van der Waals surface area contributed by atoms with Gasteiger partial charge in [0.05, 0.1) is 17.6 Å². The third-order valence-corrected chi connectivity index (χ3v) is 10.5. The maximum Gasteiger partial charge on any atom is 0.157 e. The zero-order valence-corrected chi connectivity index (χ0v) is 28.0. The number of thiophene rings is 1. The second-order valence-corrected chi connectivity index (χ2v) is 13.5. The number of para-hydroxylation sites is 1. The first-order valence-corrected chi connectivity index (χ1v) is 17.5. The monoisotopic (exact) mass is 660 g/mol. The van der Waals surface area contributed by atoms with Crippen molar-refractivity contribution in [2.24, 2.45) is 15.7 Å². The molecule has 2 N–H and O–H groups in total. The van der Waals surface area contributed by atoms with Gasteiger partial charge in [-0.15, -0.1) is 11.3 Å². The molecule has 0 saturated heterocycles. The molecule has 0 atom stereocenters. The highest BCUT2D eigenvalue weighted by Gasteiger charge is 2.15. The molecule has 0 unspecified atom stereocenters. The van der Waals surface area contributed by atoms with Crippen molar-refractivity contribution in [1.29, 1.82) is 0 Å². The van der Waals surface area contributed by atoms with Gasteiger partial charge in [0.25, 0.3) is 0 Å². The third kappa shape index (κ3) is 5.44. The molecular weight excluding hydrogens is 629 g/mol. The smallest absolute Gasteiger partial charge is 0.157 e. The van der Waals surface area contributed by atoms with Crippen LogP contribution in [-0.4, -0.2) is 16.2 Å². The number of amidine groups is 2. The Labute approximate surface area is 294 Å². The number of aromatic nitrogens is 1. The molecule has 0 aliphatic heterocycles. The molecule has 5 heteroatoms. The average molecular weight is 661 g/mol. The summed E-state index contributed by atoms with van der Waals surface area (Å²) in [5, 5.41) is 5.08. The van der Waals surface area contributed by atoms with Crippen LogP contribution in [0.3, 0.4) is 0 Å². The highest BCUT2D eigenvalue weighted by molar-refractivity contribution is 7.25. The lowest BCUT2D eigenvalue weighted by atomic mass is 10.0. The molecule has 4 nitrogen and oxygen atoms in total. The Balaban J connectivity index is 1.12. The predicted molar refractivity (Wildman–Crippen MR) is 213 cm³/mol. The molecule has 0 fully saturated rings. The lowest BCUT2D eigenvalue weighted by molar-refractivity contribution is 1.06. The van der Waals surface area contributed by atoms with E-state index in [1.165, 1.54) is 42.1 Å². The molecule has 0 amide bonds. The van der Waals surface area contributed by atoms with E-state index in [1.54, 1.807) is 0 Å². The fourth-order valence-electron chi connectivity index (χ4n) is 6.82. The highest BCUT2D eigenvalue weighted by atomic mass is 32.1. The van der Waals surface area contributed by atoms with Crippen molar-refractivity contribution in [3.05, 3.63) is 187 Å². The van der Waals surface area contributed by atoms with Gasteiger partial charge in [0.1, 0.15) is 5.84 Å². The van der Waals surface area contributed by atoms with E-state index in [0.29, 0.717) is 18.2 Å². The zero-order valence-electron chi connectivity index (χ0n) is 27.2. The van der Waals surface area contributed by atoms with Gasteiger partial charge in [-0.3, -0.25) is 4.99 Å². The van der Waals surface area contributed by atoms with Crippen LogP contribution >= 0.6 is 11.3 Å². The number of aliphatic imine (C=N–C) groups is 2. The molecule has 0 radical (unpaired) electrons. The van der Waals surface area contributed by atoms with Crippen LogP contribution in [0.4, 0.5) is 0 Å². The molecule has 238 valence electrons. The van der Waals surface area contributed by atoms with Crippen LogP contribution in [0, 0.1) is 0 Å². The van der Waals surface area contributed by atoms with Gasteiger partial charge in [-0.25, -0.2) is 4.99 Å². The number of fused-ring (bicyclic) bond motifs is 6. The minimum atomic E-state index is 0.436. The fourth-order valence-corrected chi connectivity index (χ4v) is 7.91. The second kappa shape index (κ2) is 12.6. The van der Waals surface area contributed by atoms with E-state index in [0.717, 1.165) is 33.4 Å². The number of hydrogen-bond acceptors (Lipinski definition) is 2. The minimum Gasteiger partial charge on any atom is -0.383 e. The van der Waals surface area contributed by atoms with Crippen LogP contribution in [0.15, 0.2) is 180 Å². The van der Waals surface area contributed by atoms with Gasteiger partial charge in [0.2, 0.25) is 0 Å². The van der Waals surface area contributed by atoms with Gasteiger partial charge < -0.3 is 10.3 Å². The SMILES string of the molecule is NC(=NC(=NCc1ccccc1)c1ccc(-n2c3ccccc3c3cc(-c4ccc5sc6ccccc6c5c4)ccc32)cc1)c1ccccc1. The number of benzene rings is 7. The standard InChI is InChI=1S/C45H32N4S/c46-44(31-13-5-2-6-14-31)48-45(47-29-30-11-3-1-4-12-30)32-19-23-35(24-20-32)49-40-17-9-7-15-36(40)38-27-33(21-25-41(38)49)34-22-26-43-39(28-34)37-16-8-10-18-42(37)50-43/h1-28H,29H2,(H2,46,47,48).